The Labute approximate surface area is 204 Å². The molecule has 4 N–H and O–H groups in total. The molecular weight excluding hydrogens is 509 g/mol. The quantitative estimate of drug-likeness (QED) is 0.261. The summed E-state index contributed by atoms with van der Waals surface area (Å²) in [6.07, 6.45) is -3.20. The molecule has 0 saturated carbocycles. The molecule has 13 nitrogen and oxygen atoms in total. The minimum absolute atomic E-state index is 0.0971. The lowest BCUT2D eigenvalue weighted by Crippen LogP contribution is -2.47. The van der Waals surface area contributed by atoms with Gasteiger partial charge in [0.1, 0.15) is 29.6 Å². The molecule has 1 aromatic heterocycles. The Morgan fingerprint density at radius 2 is 2.00 bits per heavy atom. The molecule has 0 radical (unpaired) electrons. The third-order valence-electron chi connectivity index (χ3n) is 5.21. The summed E-state index contributed by atoms with van der Waals surface area (Å²) in [5.41, 5.74) is -3.53. The summed E-state index contributed by atoms with van der Waals surface area (Å²) in [6.45, 7) is 2.01. The van der Waals surface area contributed by atoms with Crippen LogP contribution in [0.2, 0.25) is 5.02 Å². The van der Waals surface area contributed by atoms with Crippen molar-refractivity contribution in [2.24, 2.45) is 0 Å². The first-order valence-electron chi connectivity index (χ1n) is 10.3. The van der Waals surface area contributed by atoms with E-state index in [1.807, 2.05) is 4.98 Å². The van der Waals surface area contributed by atoms with Gasteiger partial charge in [0, 0.05) is 17.3 Å². The van der Waals surface area contributed by atoms with Crippen LogP contribution in [0, 0.1) is 0 Å². The van der Waals surface area contributed by atoms with Gasteiger partial charge in [-0.2, -0.15) is 5.09 Å². The number of hydrogen-bond acceptors (Lipinski definition) is 10. The predicted octanol–water partition coefficient (Wildman–Crippen LogP) is 0.554. The smallest absolute Gasteiger partial charge is 0.459 e. The van der Waals surface area contributed by atoms with Crippen molar-refractivity contribution in [1.29, 1.82) is 0 Å². The highest BCUT2D eigenvalue weighted by Gasteiger charge is 2.54. The molecule has 1 aliphatic heterocycles. The normalized spacial score (nSPS) is 26.6. The average Bonchev–Trinajstić information content (AvgIpc) is 3.02. The number of H-pyrrole nitrogens is 1. The highest BCUT2D eigenvalue weighted by atomic mass is 35.5. The van der Waals surface area contributed by atoms with Crippen LogP contribution in [-0.4, -0.2) is 63.3 Å². The van der Waals surface area contributed by atoms with Gasteiger partial charge >= 0.3 is 19.4 Å². The highest BCUT2D eigenvalue weighted by Crippen LogP contribution is 2.47. The van der Waals surface area contributed by atoms with Crippen LogP contribution < -0.4 is 20.9 Å². The maximum Gasteiger partial charge on any atom is 0.459 e. The number of hydrogen-bond donors (Lipinski definition) is 4. The van der Waals surface area contributed by atoms with Gasteiger partial charge in [-0.15, -0.1) is 0 Å². The highest BCUT2D eigenvalue weighted by molar-refractivity contribution is 7.52. The first-order chi connectivity index (χ1) is 16.4. The average molecular weight is 534 g/mol. The van der Waals surface area contributed by atoms with Gasteiger partial charge in [0.15, 0.2) is 6.23 Å². The summed E-state index contributed by atoms with van der Waals surface area (Å²) in [6, 6.07) is 5.75. The molecule has 6 atom stereocenters. The zero-order chi connectivity index (χ0) is 26.0. The summed E-state index contributed by atoms with van der Waals surface area (Å²) < 4.78 is 35.6. The fourth-order valence-corrected chi connectivity index (χ4v) is 4.98. The van der Waals surface area contributed by atoms with E-state index in [2.05, 4.69) is 9.82 Å². The van der Waals surface area contributed by atoms with Gasteiger partial charge < -0.3 is 24.2 Å². The molecule has 35 heavy (non-hydrogen) atoms. The van der Waals surface area contributed by atoms with E-state index in [4.69, 9.17) is 25.4 Å². The third kappa shape index (κ3) is 6.19. The number of aromatic amines is 1. The summed E-state index contributed by atoms with van der Waals surface area (Å²) in [5.74, 6) is -0.647. The van der Waals surface area contributed by atoms with Crippen LogP contribution in [0.25, 0.3) is 0 Å². The fourth-order valence-electron chi connectivity index (χ4n) is 3.35. The second-order valence-corrected chi connectivity index (χ2v) is 10.1. The Morgan fingerprint density at radius 3 is 2.60 bits per heavy atom. The lowest BCUT2D eigenvalue weighted by Gasteiger charge is -2.27. The molecule has 0 spiro atoms. The summed E-state index contributed by atoms with van der Waals surface area (Å²) in [7, 11) is -3.14. The lowest BCUT2D eigenvalue weighted by atomic mass is 9.96. The van der Waals surface area contributed by atoms with E-state index in [1.54, 1.807) is 0 Å². The first-order valence-corrected chi connectivity index (χ1v) is 12.2. The number of carbonyl (C=O) groups is 1. The number of aromatic nitrogens is 2. The minimum atomic E-state index is -4.29. The molecule has 3 rings (SSSR count). The zero-order valence-electron chi connectivity index (χ0n) is 18.9. The van der Waals surface area contributed by atoms with Crippen LogP contribution in [0.1, 0.15) is 20.1 Å². The van der Waals surface area contributed by atoms with E-state index in [1.165, 1.54) is 38.1 Å². The van der Waals surface area contributed by atoms with Crippen molar-refractivity contribution in [3.63, 3.8) is 0 Å². The van der Waals surface area contributed by atoms with Crippen molar-refractivity contribution < 1.29 is 38.1 Å². The predicted molar refractivity (Wildman–Crippen MR) is 122 cm³/mol. The molecule has 15 heteroatoms. The van der Waals surface area contributed by atoms with E-state index in [9.17, 15) is 29.2 Å². The number of rotatable bonds is 9. The number of methoxy groups -OCH3 is 1. The van der Waals surface area contributed by atoms with Crippen LogP contribution >= 0.6 is 19.3 Å². The molecular formula is C20H25ClN3O10P. The topological polar surface area (TPSA) is 178 Å². The molecule has 2 aromatic rings. The van der Waals surface area contributed by atoms with E-state index in [0.717, 1.165) is 23.9 Å². The molecule has 1 fully saturated rings. The molecule has 2 heterocycles. The molecule has 0 aliphatic carbocycles. The molecule has 1 saturated heterocycles. The van der Waals surface area contributed by atoms with E-state index >= 15 is 0 Å². The number of aliphatic hydroxyl groups is 2. The van der Waals surface area contributed by atoms with Gasteiger partial charge in [0.05, 0.1) is 13.7 Å². The Morgan fingerprint density at radius 1 is 1.34 bits per heavy atom. The van der Waals surface area contributed by atoms with E-state index in [-0.39, 0.29) is 5.75 Å². The number of halogens is 1. The minimum Gasteiger partial charge on any atom is -0.468 e. The standard InChI is InChI=1S/C20H25ClN3O10P/c1-11(17(27)31-3)23-35(30,34-13-6-4-12(21)5-7-13)32-10-14-16(26)20(2,29)18(33-14)24-9-8-15(25)22-19(24)28/h4-9,11,14,16,18,26,29H,10H2,1-3H3,(H,23,30)(H,22,25,28)/t11?,14?,16-,18?,20-,35?/m1/s1. The monoisotopic (exact) mass is 533 g/mol. The third-order valence-corrected chi connectivity index (χ3v) is 7.11. The van der Waals surface area contributed by atoms with Crippen molar-refractivity contribution in [3.8, 4) is 5.75 Å². The van der Waals surface area contributed by atoms with Gasteiger partial charge in [0.25, 0.3) is 5.56 Å². The maximum atomic E-state index is 13.5. The SMILES string of the molecule is COC(=O)C(C)NP(=O)(OCC1OC(n2ccc(=O)[nH]c2=O)[C@](C)(O)[C@@H]1O)Oc1ccc(Cl)cc1. The summed E-state index contributed by atoms with van der Waals surface area (Å²) >= 11 is 5.86. The number of aliphatic hydroxyl groups excluding tert-OH is 1. The Bertz CT molecular complexity index is 1210. The van der Waals surface area contributed by atoms with Crippen LogP contribution in [0.4, 0.5) is 0 Å². The van der Waals surface area contributed by atoms with E-state index in [0.29, 0.717) is 5.02 Å². The molecule has 1 aliphatic rings. The van der Waals surface area contributed by atoms with Gasteiger partial charge in [0.2, 0.25) is 0 Å². The largest absolute Gasteiger partial charge is 0.468 e. The molecule has 4 unspecified atom stereocenters. The second-order valence-electron chi connectivity index (χ2n) is 7.93. The lowest BCUT2D eigenvalue weighted by molar-refractivity contribution is -0.142. The van der Waals surface area contributed by atoms with Crippen LogP contribution in [0.5, 0.6) is 5.75 Å². The van der Waals surface area contributed by atoms with Crippen molar-refractivity contribution >= 4 is 25.3 Å². The fraction of sp³-hybridized carbons (Fsp3) is 0.450. The summed E-state index contributed by atoms with van der Waals surface area (Å²) in [4.78, 5) is 37.4. The van der Waals surface area contributed by atoms with E-state index < -0.39 is 61.7 Å². The number of ether oxygens (including phenoxy) is 2. The molecule has 0 amide bonds. The molecule has 192 valence electrons. The maximum absolute atomic E-state index is 13.5. The number of esters is 1. The molecule has 0 bridgehead atoms. The van der Waals surface area contributed by atoms with Crippen LogP contribution in [0.3, 0.4) is 0 Å². The van der Waals surface area contributed by atoms with Crippen molar-refractivity contribution in [3.05, 3.63) is 62.4 Å². The number of nitrogens with zero attached hydrogens (tertiary/aromatic N) is 1. The number of carbonyl (C=O) groups excluding carboxylic acids is 1. The van der Waals surface area contributed by atoms with Crippen LogP contribution in [-0.2, 0) is 23.4 Å². The second kappa shape index (κ2) is 10.6. The molecule has 1 aromatic carbocycles. The van der Waals surface area contributed by atoms with Gasteiger partial charge in [-0.05, 0) is 38.1 Å². The Hall–Kier alpha value is -2.51. The Balaban J connectivity index is 1.81. The van der Waals surface area contributed by atoms with Crippen molar-refractivity contribution in [2.45, 2.75) is 43.9 Å². The van der Waals surface area contributed by atoms with Gasteiger partial charge in [-0.1, -0.05) is 11.6 Å². The summed E-state index contributed by atoms with van der Waals surface area (Å²) in [5, 5.41) is 24.3. The van der Waals surface area contributed by atoms with Crippen LogP contribution in [0.15, 0.2) is 46.1 Å². The first kappa shape index (κ1) is 27.1. The van der Waals surface area contributed by atoms with Crippen molar-refractivity contribution in [2.75, 3.05) is 13.7 Å². The van der Waals surface area contributed by atoms with Gasteiger partial charge in [-0.25, -0.2) is 9.36 Å². The number of benzene rings is 1. The van der Waals surface area contributed by atoms with Gasteiger partial charge in [-0.3, -0.25) is 23.7 Å². The Kier molecular flexibility index (Phi) is 8.22. The zero-order valence-corrected chi connectivity index (χ0v) is 20.6. The van der Waals surface area contributed by atoms with Crippen molar-refractivity contribution in [1.82, 2.24) is 14.6 Å². The number of nitrogens with one attached hydrogen (secondary N) is 2.